The van der Waals surface area contributed by atoms with Crippen LogP contribution in [0.1, 0.15) is 30.8 Å². The Kier molecular flexibility index (Phi) is 4.76. The summed E-state index contributed by atoms with van der Waals surface area (Å²) in [5, 5.41) is 5.75. The summed E-state index contributed by atoms with van der Waals surface area (Å²) >= 11 is 0. The van der Waals surface area contributed by atoms with Gasteiger partial charge in [0.25, 0.3) is 5.91 Å². The first-order valence-electron chi connectivity index (χ1n) is 6.94. The Morgan fingerprint density at radius 2 is 2.24 bits per heavy atom. The molecule has 0 aromatic carbocycles. The quantitative estimate of drug-likeness (QED) is 0.819. The van der Waals surface area contributed by atoms with Gasteiger partial charge >= 0.3 is 0 Å². The number of anilines is 1. The Balaban J connectivity index is 1.98. The summed E-state index contributed by atoms with van der Waals surface area (Å²) in [5.41, 5.74) is 0.237. The molecule has 0 radical (unpaired) electrons. The molecule has 1 unspecified atom stereocenters. The van der Waals surface area contributed by atoms with Crippen molar-refractivity contribution in [3.05, 3.63) is 18.0 Å². The molecule has 2 heterocycles. The number of hydrogen-bond donors (Lipinski definition) is 2. The average molecular weight is 312 g/mol. The van der Waals surface area contributed by atoms with Crippen molar-refractivity contribution in [1.82, 2.24) is 15.3 Å². The zero-order chi connectivity index (χ0) is 15.5. The van der Waals surface area contributed by atoms with Crippen LogP contribution in [0.4, 0.5) is 5.95 Å². The fraction of sp³-hybridized carbons (Fsp3) is 0.615. The molecule has 2 rings (SSSR count). The van der Waals surface area contributed by atoms with Crippen molar-refractivity contribution < 1.29 is 13.2 Å². The fourth-order valence-electron chi connectivity index (χ4n) is 2.03. The Morgan fingerprint density at radius 1 is 1.48 bits per heavy atom. The van der Waals surface area contributed by atoms with Crippen LogP contribution in [0.5, 0.6) is 0 Å². The topological polar surface area (TPSA) is 101 Å². The van der Waals surface area contributed by atoms with Crippen molar-refractivity contribution in [3.8, 4) is 0 Å². The summed E-state index contributed by atoms with van der Waals surface area (Å²) in [6, 6.07) is 1.18. The lowest BCUT2D eigenvalue weighted by molar-refractivity contribution is 0.0936. The first-order chi connectivity index (χ1) is 9.85. The molecule has 21 heavy (non-hydrogen) atoms. The molecular weight excluding hydrogens is 292 g/mol. The maximum Gasteiger partial charge on any atom is 0.270 e. The Bertz CT molecular complexity index is 616. The monoisotopic (exact) mass is 312 g/mol. The van der Waals surface area contributed by atoms with Gasteiger partial charge < -0.3 is 10.6 Å². The highest BCUT2D eigenvalue weighted by atomic mass is 32.2. The van der Waals surface area contributed by atoms with E-state index in [-0.39, 0.29) is 29.1 Å². The highest BCUT2D eigenvalue weighted by Crippen LogP contribution is 2.12. The van der Waals surface area contributed by atoms with Gasteiger partial charge in [0.15, 0.2) is 9.84 Å². The Labute approximate surface area is 124 Å². The van der Waals surface area contributed by atoms with E-state index in [1.165, 1.54) is 12.3 Å². The summed E-state index contributed by atoms with van der Waals surface area (Å²) in [7, 11) is -3.01. The zero-order valence-corrected chi connectivity index (χ0v) is 13.0. The molecule has 0 bridgehead atoms. The second-order valence-electron chi connectivity index (χ2n) is 5.61. The number of hydrogen-bond acceptors (Lipinski definition) is 6. The van der Waals surface area contributed by atoms with Crippen molar-refractivity contribution in [2.45, 2.75) is 26.3 Å². The van der Waals surface area contributed by atoms with Gasteiger partial charge in [-0.1, -0.05) is 13.8 Å². The number of carbonyl (C=O) groups is 1. The number of amides is 1. The zero-order valence-electron chi connectivity index (χ0n) is 12.2. The van der Waals surface area contributed by atoms with Crippen LogP contribution >= 0.6 is 0 Å². The van der Waals surface area contributed by atoms with Crippen LogP contribution in [-0.2, 0) is 9.84 Å². The summed E-state index contributed by atoms with van der Waals surface area (Å²) < 4.78 is 22.8. The second-order valence-corrected chi connectivity index (χ2v) is 7.84. The van der Waals surface area contributed by atoms with Gasteiger partial charge in [-0.25, -0.2) is 18.4 Å². The SMILES string of the molecule is CC(C)CNc1nccc(C(=O)NC2CCS(=O)(=O)C2)n1. The maximum absolute atomic E-state index is 12.1. The molecule has 8 heteroatoms. The van der Waals surface area contributed by atoms with E-state index in [1.807, 2.05) is 0 Å². The predicted octanol–water partition coefficient (Wildman–Crippen LogP) is 0.461. The van der Waals surface area contributed by atoms with E-state index >= 15 is 0 Å². The molecule has 2 N–H and O–H groups in total. The van der Waals surface area contributed by atoms with Crippen LogP contribution in [-0.4, -0.2) is 48.4 Å². The summed E-state index contributed by atoms with van der Waals surface area (Å²) in [4.78, 5) is 20.3. The third kappa shape index (κ3) is 4.66. The Hall–Kier alpha value is -1.70. The third-order valence-corrected chi connectivity index (χ3v) is 4.89. The first-order valence-corrected chi connectivity index (χ1v) is 8.76. The van der Waals surface area contributed by atoms with Gasteiger partial charge in [-0.2, -0.15) is 0 Å². The third-order valence-electron chi connectivity index (χ3n) is 3.12. The average Bonchev–Trinajstić information content (AvgIpc) is 2.76. The molecule has 1 saturated heterocycles. The van der Waals surface area contributed by atoms with E-state index < -0.39 is 9.84 Å². The number of rotatable bonds is 5. The minimum absolute atomic E-state index is 0.00226. The number of aromatic nitrogens is 2. The molecule has 116 valence electrons. The number of nitrogens with one attached hydrogen (secondary N) is 2. The van der Waals surface area contributed by atoms with E-state index in [1.54, 1.807) is 0 Å². The number of nitrogens with zero attached hydrogens (tertiary/aromatic N) is 2. The standard InChI is InChI=1S/C13H20N4O3S/c1-9(2)7-15-13-14-5-3-11(17-13)12(18)16-10-4-6-21(19,20)8-10/h3,5,9-10H,4,6-8H2,1-2H3,(H,16,18)(H,14,15,17). The molecule has 1 amide bonds. The van der Waals surface area contributed by atoms with Crippen molar-refractivity contribution in [2.24, 2.45) is 5.92 Å². The van der Waals surface area contributed by atoms with Crippen LogP contribution in [0, 0.1) is 5.92 Å². The smallest absolute Gasteiger partial charge is 0.270 e. The number of carbonyl (C=O) groups excluding carboxylic acids is 1. The van der Waals surface area contributed by atoms with Crippen molar-refractivity contribution in [1.29, 1.82) is 0 Å². The maximum atomic E-state index is 12.1. The van der Waals surface area contributed by atoms with E-state index in [4.69, 9.17) is 0 Å². The Morgan fingerprint density at radius 3 is 2.86 bits per heavy atom. The molecule has 1 aromatic heterocycles. The molecule has 0 spiro atoms. The molecule has 1 atom stereocenters. The predicted molar refractivity (Wildman–Crippen MR) is 79.9 cm³/mol. The van der Waals surface area contributed by atoms with Gasteiger partial charge in [-0.15, -0.1) is 0 Å². The highest BCUT2D eigenvalue weighted by molar-refractivity contribution is 7.91. The van der Waals surface area contributed by atoms with E-state index in [2.05, 4.69) is 34.4 Å². The van der Waals surface area contributed by atoms with Gasteiger partial charge in [0.2, 0.25) is 5.95 Å². The number of sulfone groups is 1. The summed E-state index contributed by atoms with van der Waals surface area (Å²) in [6.45, 7) is 4.83. The van der Waals surface area contributed by atoms with Gasteiger partial charge in [0.1, 0.15) is 5.69 Å². The highest BCUT2D eigenvalue weighted by Gasteiger charge is 2.29. The molecular formula is C13H20N4O3S. The molecule has 1 fully saturated rings. The molecule has 1 aliphatic heterocycles. The van der Waals surface area contributed by atoms with E-state index in [0.29, 0.717) is 24.8 Å². The van der Waals surface area contributed by atoms with Crippen LogP contribution in [0.25, 0.3) is 0 Å². The lowest BCUT2D eigenvalue weighted by Gasteiger charge is -2.11. The molecule has 0 aliphatic carbocycles. The van der Waals surface area contributed by atoms with E-state index in [0.717, 1.165) is 0 Å². The summed E-state index contributed by atoms with van der Waals surface area (Å²) in [6.07, 6.45) is 1.97. The lowest BCUT2D eigenvalue weighted by atomic mass is 10.2. The lowest BCUT2D eigenvalue weighted by Crippen LogP contribution is -2.36. The molecule has 0 saturated carbocycles. The van der Waals surface area contributed by atoms with Gasteiger partial charge in [0, 0.05) is 18.8 Å². The second kappa shape index (κ2) is 6.38. The van der Waals surface area contributed by atoms with E-state index in [9.17, 15) is 13.2 Å². The van der Waals surface area contributed by atoms with Crippen molar-refractivity contribution in [3.63, 3.8) is 0 Å². The molecule has 1 aliphatic rings. The van der Waals surface area contributed by atoms with Crippen LogP contribution in [0.2, 0.25) is 0 Å². The largest absolute Gasteiger partial charge is 0.354 e. The van der Waals surface area contributed by atoms with Crippen LogP contribution in [0.3, 0.4) is 0 Å². The minimum Gasteiger partial charge on any atom is -0.354 e. The van der Waals surface area contributed by atoms with Gasteiger partial charge in [0.05, 0.1) is 11.5 Å². The first kappa shape index (κ1) is 15.7. The van der Waals surface area contributed by atoms with Crippen LogP contribution in [0.15, 0.2) is 12.3 Å². The summed E-state index contributed by atoms with van der Waals surface area (Å²) in [5.74, 6) is 0.600. The minimum atomic E-state index is -3.01. The van der Waals surface area contributed by atoms with Gasteiger partial charge in [-0.05, 0) is 18.4 Å². The fourth-order valence-corrected chi connectivity index (χ4v) is 3.71. The van der Waals surface area contributed by atoms with Gasteiger partial charge in [-0.3, -0.25) is 4.79 Å². The normalized spacial score (nSPS) is 20.4. The van der Waals surface area contributed by atoms with Crippen molar-refractivity contribution >= 4 is 21.7 Å². The van der Waals surface area contributed by atoms with Crippen molar-refractivity contribution in [2.75, 3.05) is 23.4 Å². The van der Waals surface area contributed by atoms with Crippen LogP contribution < -0.4 is 10.6 Å². The molecule has 7 nitrogen and oxygen atoms in total. The molecule has 1 aromatic rings.